The molecule has 0 radical (unpaired) electrons. The van der Waals surface area contributed by atoms with E-state index in [9.17, 15) is 19.2 Å². The lowest BCUT2D eigenvalue weighted by molar-refractivity contribution is -0.136. The molecule has 12 heteroatoms. The van der Waals surface area contributed by atoms with E-state index in [0.717, 1.165) is 71.7 Å². The van der Waals surface area contributed by atoms with Crippen molar-refractivity contribution in [2.45, 2.75) is 56.5 Å². The lowest BCUT2D eigenvalue weighted by Gasteiger charge is -2.36. The van der Waals surface area contributed by atoms with E-state index in [1.807, 2.05) is 24.5 Å². The molecule has 4 fully saturated rings. The molecule has 1 atom stereocenters. The van der Waals surface area contributed by atoms with E-state index in [0.29, 0.717) is 24.1 Å². The summed E-state index contributed by atoms with van der Waals surface area (Å²) in [6, 6.07) is 10.5. The fourth-order valence-corrected chi connectivity index (χ4v) is 7.00. The maximum absolute atomic E-state index is 13.2. The van der Waals surface area contributed by atoms with E-state index < -0.39 is 29.7 Å². The molecule has 0 spiro atoms. The molecule has 4 heterocycles. The van der Waals surface area contributed by atoms with Crippen LogP contribution in [0.3, 0.4) is 0 Å². The van der Waals surface area contributed by atoms with Crippen LogP contribution in [0.2, 0.25) is 0 Å². The Balaban J connectivity index is 0.892. The van der Waals surface area contributed by atoms with Crippen LogP contribution in [-0.4, -0.2) is 75.9 Å². The van der Waals surface area contributed by atoms with Crippen molar-refractivity contribution in [3.63, 3.8) is 0 Å². The summed E-state index contributed by atoms with van der Waals surface area (Å²) in [4.78, 5) is 60.8. The van der Waals surface area contributed by atoms with Gasteiger partial charge in [-0.3, -0.25) is 34.4 Å². The normalized spacial score (nSPS) is 24.5. The van der Waals surface area contributed by atoms with Crippen LogP contribution in [0.4, 0.5) is 5.69 Å². The molecule has 1 unspecified atom stereocenters. The molecule has 12 nitrogen and oxygen atoms in total. The Kier molecular flexibility index (Phi) is 7.31. The first-order valence-corrected chi connectivity index (χ1v) is 16.5. The molecule has 5 N–H and O–H groups in total. The second kappa shape index (κ2) is 11.7. The SMILES string of the molecule is N=C(/C(=C\N[C@H]1C[C@H](CNc2ccc3c(c2)C(=O)N(C2CCC(=O)NC2=O)C3=O)C1)c1cnc2c(C3CNC3)cccc2n1)C1CC1. The number of carbonyl (C=O) groups excluding carboxylic acids is 4. The number of aromatic nitrogens is 2. The van der Waals surface area contributed by atoms with Gasteiger partial charge in [0.1, 0.15) is 6.04 Å². The van der Waals surface area contributed by atoms with Crippen LogP contribution in [-0.2, 0) is 9.59 Å². The zero-order valence-electron chi connectivity index (χ0n) is 25.8. The van der Waals surface area contributed by atoms with E-state index in [2.05, 4.69) is 27.3 Å². The Labute approximate surface area is 271 Å². The number of hydrogen-bond donors (Lipinski definition) is 5. The van der Waals surface area contributed by atoms with Gasteiger partial charge in [0.05, 0.1) is 34.1 Å². The van der Waals surface area contributed by atoms with Crippen LogP contribution < -0.4 is 21.3 Å². The molecule has 47 heavy (non-hydrogen) atoms. The topological polar surface area (TPSA) is 169 Å². The van der Waals surface area contributed by atoms with Gasteiger partial charge in [0.25, 0.3) is 11.8 Å². The highest BCUT2D eigenvalue weighted by molar-refractivity contribution is 6.24. The Morgan fingerprint density at radius 3 is 2.57 bits per heavy atom. The third kappa shape index (κ3) is 5.46. The van der Waals surface area contributed by atoms with Gasteiger partial charge >= 0.3 is 0 Å². The number of anilines is 1. The van der Waals surface area contributed by atoms with E-state index in [1.165, 1.54) is 5.56 Å². The highest BCUT2D eigenvalue weighted by atomic mass is 16.2. The van der Waals surface area contributed by atoms with Crippen molar-refractivity contribution in [3.8, 4) is 0 Å². The quantitative estimate of drug-likeness (QED) is 0.167. The lowest BCUT2D eigenvalue weighted by Crippen LogP contribution is -2.54. The van der Waals surface area contributed by atoms with Crippen LogP contribution in [0.25, 0.3) is 16.6 Å². The van der Waals surface area contributed by atoms with Gasteiger partial charge in [-0.1, -0.05) is 12.1 Å². The van der Waals surface area contributed by atoms with Gasteiger partial charge in [-0.15, -0.1) is 0 Å². The molecule has 5 aliphatic rings. The third-order valence-corrected chi connectivity index (χ3v) is 10.1. The second-order valence-corrected chi connectivity index (χ2v) is 13.4. The van der Waals surface area contributed by atoms with E-state index in [-0.39, 0.29) is 35.9 Å². The van der Waals surface area contributed by atoms with Crippen molar-refractivity contribution in [3.05, 3.63) is 71.2 Å². The van der Waals surface area contributed by atoms with Gasteiger partial charge in [0.15, 0.2) is 0 Å². The van der Waals surface area contributed by atoms with Gasteiger partial charge in [-0.2, -0.15) is 0 Å². The second-order valence-electron chi connectivity index (χ2n) is 13.4. The average Bonchev–Trinajstić information content (AvgIpc) is 3.84. The Hall–Kier alpha value is -4.97. The predicted molar refractivity (Wildman–Crippen MR) is 175 cm³/mol. The van der Waals surface area contributed by atoms with Gasteiger partial charge < -0.3 is 21.4 Å². The maximum atomic E-state index is 13.2. The highest BCUT2D eigenvalue weighted by Gasteiger charge is 2.44. The first kappa shape index (κ1) is 29.4. The Morgan fingerprint density at radius 1 is 1.02 bits per heavy atom. The number of para-hydroxylation sites is 1. The molecule has 4 amide bonds. The molecule has 2 saturated carbocycles. The summed E-state index contributed by atoms with van der Waals surface area (Å²) < 4.78 is 0. The van der Waals surface area contributed by atoms with Crippen molar-refractivity contribution in [2.24, 2.45) is 11.8 Å². The number of rotatable bonds is 10. The number of benzene rings is 2. The van der Waals surface area contributed by atoms with Crippen LogP contribution in [0, 0.1) is 17.2 Å². The number of nitrogens with zero attached hydrogens (tertiary/aromatic N) is 3. The lowest BCUT2D eigenvalue weighted by atomic mass is 9.80. The van der Waals surface area contributed by atoms with E-state index in [1.54, 1.807) is 18.2 Å². The molecule has 0 bridgehead atoms. The molecule has 1 aromatic heterocycles. The molecule has 3 aliphatic heterocycles. The monoisotopic (exact) mass is 632 g/mol. The minimum Gasteiger partial charge on any atom is -0.388 e. The fourth-order valence-electron chi connectivity index (χ4n) is 7.00. The van der Waals surface area contributed by atoms with Crippen LogP contribution in [0.1, 0.15) is 76.4 Å². The summed E-state index contributed by atoms with van der Waals surface area (Å²) in [6.07, 6.45) is 7.95. The molecular weight excluding hydrogens is 596 g/mol. The van der Waals surface area contributed by atoms with Gasteiger partial charge in [-0.25, -0.2) is 4.98 Å². The van der Waals surface area contributed by atoms with Crippen molar-refractivity contribution < 1.29 is 19.2 Å². The zero-order chi connectivity index (χ0) is 32.2. The summed E-state index contributed by atoms with van der Waals surface area (Å²) >= 11 is 0. The predicted octanol–water partition coefficient (Wildman–Crippen LogP) is 2.97. The van der Waals surface area contributed by atoms with Crippen molar-refractivity contribution in [2.75, 3.05) is 25.0 Å². The van der Waals surface area contributed by atoms with E-state index >= 15 is 0 Å². The van der Waals surface area contributed by atoms with Crippen molar-refractivity contribution in [1.29, 1.82) is 5.41 Å². The first-order valence-electron chi connectivity index (χ1n) is 16.5. The number of nitrogens with one attached hydrogen (secondary N) is 5. The summed E-state index contributed by atoms with van der Waals surface area (Å²) in [5.74, 6) is -0.878. The number of carbonyl (C=O) groups is 4. The summed E-state index contributed by atoms with van der Waals surface area (Å²) in [7, 11) is 0. The molecule has 8 rings (SSSR count). The van der Waals surface area contributed by atoms with E-state index in [4.69, 9.17) is 15.4 Å². The molecule has 240 valence electrons. The van der Waals surface area contributed by atoms with Crippen molar-refractivity contribution in [1.82, 2.24) is 30.8 Å². The van der Waals surface area contributed by atoms with Gasteiger partial charge in [-0.05, 0) is 67.9 Å². The summed E-state index contributed by atoms with van der Waals surface area (Å²) in [5, 5.41) is 21.4. The smallest absolute Gasteiger partial charge is 0.262 e. The highest BCUT2D eigenvalue weighted by Crippen LogP contribution is 2.36. The summed E-state index contributed by atoms with van der Waals surface area (Å²) in [6.45, 7) is 2.63. The molecule has 3 aromatic rings. The first-order chi connectivity index (χ1) is 22.8. The summed E-state index contributed by atoms with van der Waals surface area (Å²) in [5.41, 5.74) is 6.44. The standard InChI is InChI=1S/C35H36N8O4/c36-31(19-4-5-19)26(28-17-40-32-23(20-14-37-15-20)2-1-3-27(32)41-28)16-39-22-10-18(11-22)13-38-21-6-7-24-25(12-21)35(47)43(34(24)46)29-8-9-30(44)42-33(29)45/h1-3,6-7,12,16-20,22,29,36-39H,4-5,8-11,13-15H2,(H,42,44,45)/b26-16-,36-31?/t18-,22-,29?. The molecule has 2 aromatic carbocycles. The number of hydrogen-bond acceptors (Lipinski definition) is 10. The fraction of sp³-hybridized carbons (Fsp3) is 0.400. The Morgan fingerprint density at radius 2 is 1.83 bits per heavy atom. The van der Waals surface area contributed by atoms with Crippen LogP contribution in [0.5, 0.6) is 0 Å². The minimum absolute atomic E-state index is 0.0882. The number of allylic oxidation sites excluding steroid dienone is 1. The number of fused-ring (bicyclic) bond motifs is 2. The molecule has 2 saturated heterocycles. The number of piperidine rings is 1. The van der Waals surface area contributed by atoms with Gasteiger partial charge in [0, 0.05) is 67.1 Å². The number of imide groups is 2. The average molecular weight is 633 g/mol. The minimum atomic E-state index is -0.977. The largest absolute Gasteiger partial charge is 0.388 e. The van der Waals surface area contributed by atoms with Crippen molar-refractivity contribution >= 4 is 51.6 Å². The zero-order valence-corrected chi connectivity index (χ0v) is 25.8. The third-order valence-electron chi connectivity index (χ3n) is 10.1. The van der Waals surface area contributed by atoms with Crippen LogP contribution in [0.15, 0.2) is 48.8 Å². The maximum Gasteiger partial charge on any atom is 0.262 e. The van der Waals surface area contributed by atoms with Gasteiger partial charge in [0.2, 0.25) is 11.8 Å². The van der Waals surface area contributed by atoms with Crippen LogP contribution >= 0.6 is 0 Å². The Bertz CT molecular complexity index is 1870. The number of amides is 4. The molecular formula is C35H36N8O4. The molecule has 2 aliphatic carbocycles.